The molecule has 0 saturated carbocycles. The molecule has 2 unspecified atom stereocenters. The number of aliphatic hydroxyl groups excluding tert-OH is 2. The quantitative estimate of drug-likeness (QED) is 0.0321. The third-order valence-corrected chi connectivity index (χ3v) is 14.2. The molecule has 6 heteroatoms. The molecule has 69 heavy (non-hydrogen) atoms. The minimum absolute atomic E-state index is 0.0262. The fraction of sp³-hybridized carbons (Fsp3) is 0.873. The number of hydrogen-bond donors (Lipinski definition) is 3. The van der Waals surface area contributed by atoms with Crippen LogP contribution in [0.5, 0.6) is 0 Å². The van der Waals surface area contributed by atoms with Gasteiger partial charge in [0.25, 0.3) is 0 Å². The number of hydrogen-bond acceptors (Lipinski definition) is 5. The van der Waals surface area contributed by atoms with E-state index in [1.807, 2.05) is 0 Å². The molecule has 2 atom stereocenters. The van der Waals surface area contributed by atoms with E-state index in [-0.39, 0.29) is 18.5 Å². The summed E-state index contributed by atoms with van der Waals surface area (Å²) in [7, 11) is 0. The van der Waals surface area contributed by atoms with Crippen molar-refractivity contribution in [3.8, 4) is 0 Å². The second-order valence-electron chi connectivity index (χ2n) is 21.0. The van der Waals surface area contributed by atoms with Gasteiger partial charge in [-0.3, -0.25) is 9.59 Å². The van der Waals surface area contributed by atoms with Gasteiger partial charge in [-0.15, -0.1) is 0 Å². The lowest BCUT2D eigenvalue weighted by Gasteiger charge is -2.22. The first kappa shape index (κ1) is 67.1. The monoisotopic (exact) mass is 970 g/mol. The number of rotatable bonds is 57. The number of ether oxygens (including phenoxy) is 1. The zero-order valence-corrected chi connectivity index (χ0v) is 46.3. The van der Waals surface area contributed by atoms with E-state index in [1.165, 1.54) is 212 Å². The lowest BCUT2D eigenvalue weighted by Crippen LogP contribution is -2.45. The number of esters is 1. The summed E-state index contributed by atoms with van der Waals surface area (Å²) in [4.78, 5) is 24.5. The van der Waals surface area contributed by atoms with Gasteiger partial charge in [0.05, 0.1) is 25.4 Å². The second kappa shape index (κ2) is 58.6. The van der Waals surface area contributed by atoms with Gasteiger partial charge in [0.15, 0.2) is 0 Å². The van der Waals surface area contributed by atoms with Gasteiger partial charge in [-0.1, -0.05) is 269 Å². The van der Waals surface area contributed by atoms with Crippen molar-refractivity contribution in [3.05, 3.63) is 36.5 Å². The Balaban J connectivity index is 3.49. The molecule has 0 aromatic rings. The summed E-state index contributed by atoms with van der Waals surface area (Å²) in [5.74, 6) is -0.0748. The lowest BCUT2D eigenvalue weighted by molar-refractivity contribution is -0.143. The van der Waals surface area contributed by atoms with E-state index >= 15 is 0 Å². The molecule has 3 N–H and O–H groups in total. The highest BCUT2D eigenvalue weighted by molar-refractivity contribution is 5.76. The van der Waals surface area contributed by atoms with Gasteiger partial charge in [-0.2, -0.15) is 0 Å². The van der Waals surface area contributed by atoms with E-state index in [0.29, 0.717) is 25.9 Å². The molecule has 0 saturated heterocycles. The van der Waals surface area contributed by atoms with Gasteiger partial charge in [0, 0.05) is 12.8 Å². The van der Waals surface area contributed by atoms with Crippen LogP contribution in [0.25, 0.3) is 0 Å². The molecule has 406 valence electrons. The zero-order valence-electron chi connectivity index (χ0n) is 46.3. The molecule has 0 heterocycles. The summed E-state index contributed by atoms with van der Waals surface area (Å²) in [5, 5.41) is 23.4. The average Bonchev–Trinajstić information content (AvgIpc) is 3.35. The molecule has 0 aromatic carbocycles. The number of allylic oxidation sites excluding steroid dienone is 6. The SMILES string of the molecule is CCCC/C=C\CCCCCCCC(=O)OCCCCC/C=C\C/C=C\CCCCCCCCCC(=O)NC(CO)C(O)CCCCCCCCCCCCCCCCCCCCCCCCCC. The normalized spacial score (nSPS) is 12.8. The molecule has 0 aliphatic rings. The van der Waals surface area contributed by atoms with Gasteiger partial charge in [0.2, 0.25) is 5.91 Å². The van der Waals surface area contributed by atoms with Crippen molar-refractivity contribution >= 4 is 11.9 Å². The number of unbranched alkanes of at least 4 members (excludes halogenated alkanes) is 40. The molecule has 0 bridgehead atoms. The minimum atomic E-state index is -0.677. The second-order valence-corrected chi connectivity index (χ2v) is 21.0. The van der Waals surface area contributed by atoms with Crippen molar-refractivity contribution in [2.24, 2.45) is 0 Å². The molecular formula is C63H119NO5. The molecule has 0 aliphatic carbocycles. The van der Waals surface area contributed by atoms with Gasteiger partial charge >= 0.3 is 5.97 Å². The lowest BCUT2D eigenvalue weighted by atomic mass is 10.0. The van der Waals surface area contributed by atoms with E-state index in [4.69, 9.17) is 4.74 Å². The highest BCUT2D eigenvalue weighted by Gasteiger charge is 2.20. The first-order valence-corrected chi connectivity index (χ1v) is 30.7. The standard InChI is InChI=1S/C63H119NO5/c1-3-5-7-9-11-13-15-16-17-18-19-20-21-22-23-24-26-29-32-36-39-43-47-51-55-61(66)60(59-65)64-62(67)56-52-48-44-40-37-33-30-27-25-28-31-34-38-42-46-50-54-58-69-63(68)57-53-49-45-41-35-14-12-10-8-6-4-2/h10,12,25,28,34,38,60-61,65-66H,3-9,11,13-24,26-27,29-33,35-37,39-59H2,1-2H3,(H,64,67)/b12-10-,28-25-,38-34-. The third-order valence-electron chi connectivity index (χ3n) is 14.2. The van der Waals surface area contributed by atoms with Crippen LogP contribution < -0.4 is 5.32 Å². The van der Waals surface area contributed by atoms with Gasteiger partial charge in [-0.25, -0.2) is 0 Å². The average molecular weight is 971 g/mol. The number of aliphatic hydroxyl groups is 2. The first-order valence-electron chi connectivity index (χ1n) is 30.7. The summed E-state index contributed by atoms with van der Waals surface area (Å²) >= 11 is 0. The summed E-state index contributed by atoms with van der Waals surface area (Å²) in [6.45, 7) is 4.88. The molecular weight excluding hydrogens is 851 g/mol. The summed E-state index contributed by atoms with van der Waals surface area (Å²) in [6, 6.07) is -0.555. The van der Waals surface area contributed by atoms with Crippen LogP contribution in [0, 0.1) is 0 Å². The van der Waals surface area contributed by atoms with E-state index in [1.54, 1.807) is 0 Å². The van der Waals surface area contributed by atoms with Crippen LogP contribution in [-0.4, -0.2) is 47.4 Å². The Hall–Kier alpha value is -1.92. The summed E-state index contributed by atoms with van der Waals surface area (Å²) in [5.41, 5.74) is 0. The summed E-state index contributed by atoms with van der Waals surface area (Å²) in [6.07, 6.45) is 73.0. The third kappa shape index (κ3) is 55.2. The zero-order chi connectivity index (χ0) is 50.0. The van der Waals surface area contributed by atoms with Crippen LogP contribution in [-0.2, 0) is 14.3 Å². The van der Waals surface area contributed by atoms with Crippen molar-refractivity contribution in [1.29, 1.82) is 0 Å². The Morgan fingerprint density at radius 2 is 0.739 bits per heavy atom. The van der Waals surface area contributed by atoms with Crippen molar-refractivity contribution in [1.82, 2.24) is 5.32 Å². The van der Waals surface area contributed by atoms with Crippen molar-refractivity contribution in [2.75, 3.05) is 13.2 Å². The molecule has 0 radical (unpaired) electrons. The van der Waals surface area contributed by atoms with E-state index in [0.717, 1.165) is 83.5 Å². The first-order chi connectivity index (χ1) is 34.0. The molecule has 1 amide bonds. The number of carbonyl (C=O) groups excluding carboxylic acids is 2. The number of carbonyl (C=O) groups is 2. The highest BCUT2D eigenvalue weighted by Crippen LogP contribution is 2.18. The Bertz CT molecular complexity index is 1120. The van der Waals surface area contributed by atoms with Crippen molar-refractivity contribution in [3.63, 3.8) is 0 Å². The Kier molecular flexibility index (Phi) is 57.0. The number of nitrogens with one attached hydrogen (secondary N) is 1. The molecule has 0 aromatic heterocycles. The molecule has 0 spiro atoms. The maximum absolute atomic E-state index is 12.5. The fourth-order valence-electron chi connectivity index (χ4n) is 9.42. The molecule has 0 fully saturated rings. The molecule has 0 rings (SSSR count). The molecule has 0 aliphatic heterocycles. The predicted molar refractivity (Wildman–Crippen MR) is 301 cm³/mol. The largest absolute Gasteiger partial charge is 0.466 e. The smallest absolute Gasteiger partial charge is 0.305 e. The Morgan fingerprint density at radius 1 is 0.406 bits per heavy atom. The van der Waals surface area contributed by atoms with Crippen molar-refractivity contribution < 1.29 is 24.5 Å². The van der Waals surface area contributed by atoms with Crippen molar-refractivity contribution in [2.45, 2.75) is 341 Å². The van der Waals surface area contributed by atoms with Crippen LogP contribution in [0.3, 0.4) is 0 Å². The van der Waals surface area contributed by atoms with E-state index in [2.05, 4.69) is 55.6 Å². The highest BCUT2D eigenvalue weighted by atomic mass is 16.5. The van der Waals surface area contributed by atoms with E-state index in [9.17, 15) is 19.8 Å². The Labute approximate surface area is 430 Å². The fourth-order valence-corrected chi connectivity index (χ4v) is 9.42. The van der Waals surface area contributed by atoms with E-state index < -0.39 is 12.1 Å². The van der Waals surface area contributed by atoms with Crippen LogP contribution in [0.15, 0.2) is 36.5 Å². The predicted octanol–water partition coefficient (Wildman–Crippen LogP) is 19.2. The molecule has 6 nitrogen and oxygen atoms in total. The van der Waals surface area contributed by atoms with Gasteiger partial charge in [0.1, 0.15) is 0 Å². The summed E-state index contributed by atoms with van der Waals surface area (Å²) < 4.78 is 5.43. The minimum Gasteiger partial charge on any atom is -0.466 e. The van der Waals surface area contributed by atoms with Crippen LogP contribution >= 0.6 is 0 Å². The van der Waals surface area contributed by atoms with Crippen LogP contribution in [0.4, 0.5) is 0 Å². The topological polar surface area (TPSA) is 95.9 Å². The van der Waals surface area contributed by atoms with Gasteiger partial charge < -0.3 is 20.3 Å². The Morgan fingerprint density at radius 3 is 1.16 bits per heavy atom. The van der Waals surface area contributed by atoms with Crippen LogP contribution in [0.1, 0.15) is 328 Å². The number of amides is 1. The maximum Gasteiger partial charge on any atom is 0.305 e. The maximum atomic E-state index is 12.5. The van der Waals surface area contributed by atoms with Gasteiger partial charge in [-0.05, 0) is 83.5 Å². The van der Waals surface area contributed by atoms with Crippen LogP contribution in [0.2, 0.25) is 0 Å².